The molecule has 1 saturated carbocycles. The highest BCUT2D eigenvalue weighted by Gasteiger charge is 2.12. The van der Waals surface area contributed by atoms with Crippen molar-refractivity contribution >= 4 is 10.8 Å². The number of aromatic nitrogens is 1. The fourth-order valence-corrected chi connectivity index (χ4v) is 3.10. The molecule has 2 aromatic rings. The summed E-state index contributed by atoms with van der Waals surface area (Å²) in [7, 11) is 0. The number of hydrogen-bond donors (Lipinski definition) is 1. The molecule has 0 spiro atoms. The molecule has 0 aliphatic heterocycles. The van der Waals surface area contributed by atoms with Crippen LogP contribution in [0.1, 0.15) is 37.7 Å². The van der Waals surface area contributed by atoms with Crippen LogP contribution in [0.3, 0.4) is 0 Å². The van der Waals surface area contributed by atoms with Gasteiger partial charge in [0.15, 0.2) is 0 Å². The first kappa shape index (κ1) is 14.5. The van der Waals surface area contributed by atoms with Crippen molar-refractivity contribution in [3.8, 4) is 0 Å². The fourth-order valence-electron chi connectivity index (χ4n) is 3.10. The Morgan fingerprint density at radius 1 is 1.14 bits per heavy atom. The fraction of sp³-hybridized carbons (Fsp3) is 0.500. The molecule has 0 unspecified atom stereocenters. The number of fused-ring (bicyclic) bond motifs is 1. The zero-order chi connectivity index (χ0) is 14.3. The maximum Gasteiger partial charge on any atom is 0.0594 e. The average molecular weight is 284 g/mol. The molecule has 3 rings (SSSR count). The van der Waals surface area contributed by atoms with Crippen LogP contribution in [0.5, 0.6) is 0 Å². The molecule has 1 N–H and O–H groups in total. The maximum atomic E-state index is 5.94. The van der Waals surface area contributed by atoms with E-state index in [1.807, 2.05) is 12.4 Å². The van der Waals surface area contributed by atoms with E-state index < -0.39 is 0 Å². The third-order valence-corrected chi connectivity index (χ3v) is 4.27. The molecule has 21 heavy (non-hydrogen) atoms. The van der Waals surface area contributed by atoms with E-state index in [-0.39, 0.29) is 0 Å². The SMILES string of the molecule is c1cc(CNCCOC2CCCCC2)c2ccncc2c1. The van der Waals surface area contributed by atoms with E-state index in [0.717, 1.165) is 19.7 Å². The molecule has 0 atom stereocenters. The van der Waals surface area contributed by atoms with Crippen molar-refractivity contribution in [3.63, 3.8) is 0 Å². The van der Waals surface area contributed by atoms with Crippen molar-refractivity contribution in [2.45, 2.75) is 44.8 Å². The quantitative estimate of drug-likeness (QED) is 0.822. The molecule has 0 bridgehead atoms. The van der Waals surface area contributed by atoms with Crippen LogP contribution in [0.25, 0.3) is 10.8 Å². The van der Waals surface area contributed by atoms with Crippen molar-refractivity contribution < 1.29 is 4.74 Å². The Hall–Kier alpha value is -1.45. The van der Waals surface area contributed by atoms with Gasteiger partial charge in [-0.15, -0.1) is 0 Å². The maximum absolute atomic E-state index is 5.94. The largest absolute Gasteiger partial charge is 0.377 e. The summed E-state index contributed by atoms with van der Waals surface area (Å²) in [6, 6.07) is 8.47. The normalized spacial score (nSPS) is 16.4. The van der Waals surface area contributed by atoms with Crippen LogP contribution < -0.4 is 5.32 Å². The van der Waals surface area contributed by atoms with Gasteiger partial charge in [0.1, 0.15) is 0 Å². The Kier molecular flexibility index (Phi) is 5.19. The van der Waals surface area contributed by atoms with Crippen molar-refractivity contribution in [1.29, 1.82) is 0 Å². The second kappa shape index (κ2) is 7.53. The van der Waals surface area contributed by atoms with Gasteiger partial charge < -0.3 is 10.1 Å². The Bertz CT molecular complexity index is 559. The van der Waals surface area contributed by atoms with Gasteiger partial charge >= 0.3 is 0 Å². The van der Waals surface area contributed by atoms with Crippen LogP contribution in [0, 0.1) is 0 Å². The second-order valence-corrected chi connectivity index (χ2v) is 5.82. The Labute approximate surface area is 126 Å². The summed E-state index contributed by atoms with van der Waals surface area (Å²) in [6.45, 7) is 2.62. The minimum atomic E-state index is 0.504. The standard InChI is InChI=1S/C18H24N2O/c1-2-7-17(8-3-1)21-12-11-20-14-16-6-4-5-15-13-19-10-9-18(15)16/h4-6,9-10,13,17,20H,1-3,7-8,11-12,14H2. The smallest absolute Gasteiger partial charge is 0.0594 e. The van der Waals surface area contributed by atoms with Gasteiger partial charge in [0.25, 0.3) is 0 Å². The lowest BCUT2D eigenvalue weighted by molar-refractivity contribution is 0.0302. The number of pyridine rings is 1. The van der Waals surface area contributed by atoms with E-state index in [9.17, 15) is 0 Å². The molecule has 1 aliphatic carbocycles. The number of nitrogens with one attached hydrogen (secondary N) is 1. The minimum absolute atomic E-state index is 0.504. The third-order valence-electron chi connectivity index (χ3n) is 4.27. The van der Waals surface area contributed by atoms with Crippen LogP contribution >= 0.6 is 0 Å². The highest BCUT2D eigenvalue weighted by atomic mass is 16.5. The summed E-state index contributed by atoms with van der Waals surface area (Å²) >= 11 is 0. The summed E-state index contributed by atoms with van der Waals surface area (Å²) in [5.41, 5.74) is 1.33. The lowest BCUT2D eigenvalue weighted by atomic mass is 9.98. The number of rotatable bonds is 6. The number of hydrogen-bond acceptors (Lipinski definition) is 3. The van der Waals surface area contributed by atoms with Gasteiger partial charge in [-0.05, 0) is 29.9 Å². The number of benzene rings is 1. The Morgan fingerprint density at radius 3 is 2.95 bits per heavy atom. The highest BCUT2D eigenvalue weighted by Crippen LogP contribution is 2.20. The monoisotopic (exact) mass is 284 g/mol. The molecular weight excluding hydrogens is 260 g/mol. The van der Waals surface area contributed by atoms with Crippen molar-refractivity contribution in [2.75, 3.05) is 13.2 Å². The molecule has 112 valence electrons. The molecule has 1 heterocycles. The molecule has 1 aromatic heterocycles. The van der Waals surface area contributed by atoms with Crippen molar-refractivity contribution in [2.24, 2.45) is 0 Å². The summed E-state index contributed by atoms with van der Waals surface area (Å²) in [5, 5.41) is 5.98. The van der Waals surface area contributed by atoms with Crippen molar-refractivity contribution in [3.05, 3.63) is 42.2 Å². The van der Waals surface area contributed by atoms with Crippen molar-refractivity contribution in [1.82, 2.24) is 10.3 Å². The number of ether oxygens (including phenoxy) is 1. The van der Waals surface area contributed by atoms with Gasteiger partial charge in [-0.2, -0.15) is 0 Å². The van der Waals surface area contributed by atoms with Crippen LogP contribution in [0.4, 0.5) is 0 Å². The molecule has 0 amide bonds. The average Bonchev–Trinajstić information content (AvgIpc) is 2.56. The molecule has 1 fully saturated rings. The minimum Gasteiger partial charge on any atom is -0.377 e. The lowest BCUT2D eigenvalue weighted by Gasteiger charge is -2.22. The highest BCUT2D eigenvalue weighted by molar-refractivity contribution is 5.84. The Balaban J connectivity index is 1.44. The van der Waals surface area contributed by atoms with Gasteiger partial charge in [0.05, 0.1) is 12.7 Å². The van der Waals surface area contributed by atoms with E-state index in [2.05, 4.69) is 34.6 Å². The first-order valence-electron chi connectivity index (χ1n) is 8.07. The van der Waals surface area contributed by atoms with E-state index in [1.165, 1.54) is 48.4 Å². The summed E-state index contributed by atoms with van der Waals surface area (Å²) in [6.07, 6.45) is 10.8. The van der Waals surface area contributed by atoms with E-state index >= 15 is 0 Å². The van der Waals surface area contributed by atoms with Crippen LogP contribution in [-0.4, -0.2) is 24.2 Å². The van der Waals surface area contributed by atoms with E-state index in [0.29, 0.717) is 6.10 Å². The molecule has 0 radical (unpaired) electrons. The molecule has 1 aromatic carbocycles. The van der Waals surface area contributed by atoms with E-state index in [1.54, 1.807) is 0 Å². The molecule has 1 aliphatic rings. The first-order valence-corrected chi connectivity index (χ1v) is 8.07. The first-order chi connectivity index (χ1) is 10.4. The zero-order valence-electron chi connectivity index (χ0n) is 12.6. The Morgan fingerprint density at radius 2 is 2.05 bits per heavy atom. The number of nitrogens with zero attached hydrogens (tertiary/aromatic N) is 1. The molecule has 0 saturated heterocycles. The molecule has 3 nitrogen and oxygen atoms in total. The molecular formula is C18H24N2O. The third kappa shape index (κ3) is 4.02. The second-order valence-electron chi connectivity index (χ2n) is 5.82. The summed E-state index contributed by atoms with van der Waals surface area (Å²) < 4.78 is 5.94. The van der Waals surface area contributed by atoms with Gasteiger partial charge in [-0.25, -0.2) is 0 Å². The predicted molar refractivity (Wildman–Crippen MR) is 86.3 cm³/mol. The van der Waals surface area contributed by atoms with Crippen LogP contribution in [0.15, 0.2) is 36.7 Å². The van der Waals surface area contributed by atoms with Gasteiger partial charge in [-0.1, -0.05) is 37.5 Å². The van der Waals surface area contributed by atoms with E-state index in [4.69, 9.17) is 4.74 Å². The summed E-state index contributed by atoms with van der Waals surface area (Å²) in [4.78, 5) is 4.18. The van der Waals surface area contributed by atoms with Gasteiger partial charge in [-0.3, -0.25) is 4.98 Å². The zero-order valence-corrected chi connectivity index (χ0v) is 12.6. The van der Waals surface area contributed by atoms with Gasteiger partial charge in [0, 0.05) is 30.9 Å². The van der Waals surface area contributed by atoms with Gasteiger partial charge in [0.2, 0.25) is 0 Å². The summed E-state index contributed by atoms with van der Waals surface area (Å²) in [5.74, 6) is 0. The predicted octanol–water partition coefficient (Wildman–Crippen LogP) is 3.67. The lowest BCUT2D eigenvalue weighted by Crippen LogP contribution is -2.24. The van der Waals surface area contributed by atoms with Crippen LogP contribution in [-0.2, 0) is 11.3 Å². The topological polar surface area (TPSA) is 34.1 Å². The molecule has 3 heteroatoms. The van der Waals surface area contributed by atoms with Crippen LogP contribution in [0.2, 0.25) is 0 Å².